The molecule has 1 aromatic rings. The monoisotopic (exact) mass is 375 g/mol. The van der Waals surface area contributed by atoms with Gasteiger partial charge in [-0.1, -0.05) is 0 Å². The molecular formula is C17H24F3N3O3. The fourth-order valence-electron chi connectivity index (χ4n) is 3.74. The average Bonchev–Trinajstić information content (AvgIpc) is 2.77. The van der Waals surface area contributed by atoms with Gasteiger partial charge < -0.3 is 10.0 Å². The number of carbonyl (C=O) groups is 2. The van der Waals surface area contributed by atoms with E-state index >= 15 is 0 Å². The molecule has 6 nitrogen and oxygen atoms in total. The van der Waals surface area contributed by atoms with E-state index in [4.69, 9.17) is 5.11 Å². The van der Waals surface area contributed by atoms with E-state index in [0.717, 1.165) is 17.5 Å². The van der Waals surface area contributed by atoms with Gasteiger partial charge in [-0.15, -0.1) is 0 Å². The van der Waals surface area contributed by atoms with Crippen molar-refractivity contribution in [3.05, 3.63) is 17.0 Å². The summed E-state index contributed by atoms with van der Waals surface area (Å²) < 4.78 is 38.9. The smallest absolute Gasteiger partial charge is 0.408 e. The summed E-state index contributed by atoms with van der Waals surface area (Å²) in [7, 11) is 0. The number of aromatic nitrogens is 2. The lowest BCUT2D eigenvalue weighted by Crippen LogP contribution is -2.42. The highest BCUT2D eigenvalue weighted by molar-refractivity contribution is 5.84. The van der Waals surface area contributed by atoms with E-state index in [1.165, 1.54) is 6.92 Å². The Bertz CT molecular complexity index is 685. The van der Waals surface area contributed by atoms with Gasteiger partial charge in [0.05, 0.1) is 11.6 Å². The SMILES string of the molecule is Cc1nn(CC(F)(F)F)c(C)c1C(C)C(=O)N1CCCC(CC(=O)O)C1. The molecule has 146 valence electrons. The van der Waals surface area contributed by atoms with Gasteiger partial charge in [0.2, 0.25) is 5.91 Å². The maximum atomic E-state index is 12.8. The Kier molecular flexibility index (Phi) is 5.98. The van der Waals surface area contributed by atoms with E-state index in [9.17, 15) is 22.8 Å². The highest BCUT2D eigenvalue weighted by atomic mass is 19.4. The van der Waals surface area contributed by atoms with Crippen LogP contribution < -0.4 is 0 Å². The van der Waals surface area contributed by atoms with E-state index in [0.29, 0.717) is 30.0 Å². The van der Waals surface area contributed by atoms with Crippen molar-refractivity contribution in [2.75, 3.05) is 13.1 Å². The molecule has 2 atom stereocenters. The number of likely N-dealkylation sites (tertiary alicyclic amines) is 1. The van der Waals surface area contributed by atoms with Gasteiger partial charge >= 0.3 is 12.1 Å². The number of hydrogen-bond donors (Lipinski definition) is 1. The number of piperidine rings is 1. The topological polar surface area (TPSA) is 75.4 Å². The van der Waals surface area contributed by atoms with Crippen LogP contribution in [-0.2, 0) is 16.1 Å². The van der Waals surface area contributed by atoms with Crippen LogP contribution >= 0.6 is 0 Å². The molecular weight excluding hydrogens is 351 g/mol. The number of rotatable bonds is 5. The number of carbonyl (C=O) groups excluding carboxylic acids is 1. The van der Waals surface area contributed by atoms with Gasteiger partial charge in [-0.2, -0.15) is 18.3 Å². The van der Waals surface area contributed by atoms with Gasteiger partial charge in [0, 0.05) is 30.8 Å². The molecule has 1 aliphatic heterocycles. The van der Waals surface area contributed by atoms with Crippen molar-refractivity contribution in [1.82, 2.24) is 14.7 Å². The van der Waals surface area contributed by atoms with Crippen molar-refractivity contribution in [2.24, 2.45) is 5.92 Å². The normalized spacial score (nSPS) is 19.5. The number of carboxylic acid groups (broad SMARTS) is 1. The molecule has 9 heteroatoms. The van der Waals surface area contributed by atoms with E-state index < -0.39 is 24.6 Å². The molecule has 1 fully saturated rings. The van der Waals surface area contributed by atoms with Crippen LogP contribution in [0.2, 0.25) is 0 Å². The second-order valence-electron chi connectivity index (χ2n) is 6.97. The minimum absolute atomic E-state index is 0.0136. The zero-order chi connectivity index (χ0) is 19.6. The number of halogens is 3. The average molecular weight is 375 g/mol. The van der Waals surface area contributed by atoms with Crippen molar-refractivity contribution >= 4 is 11.9 Å². The molecule has 0 saturated carbocycles. The molecule has 2 heterocycles. The van der Waals surface area contributed by atoms with E-state index in [-0.39, 0.29) is 18.2 Å². The van der Waals surface area contributed by atoms with Crippen molar-refractivity contribution in [3.8, 4) is 0 Å². The van der Waals surface area contributed by atoms with Gasteiger partial charge in [-0.3, -0.25) is 14.3 Å². The summed E-state index contributed by atoms with van der Waals surface area (Å²) in [5.41, 5.74) is 1.26. The maximum Gasteiger partial charge on any atom is 0.408 e. The molecule has 2 unspecified atom stereocenters. The van der Waals surface area contributed by atoms with Crippen LogP contribution in [0.5, 0.6) is 0 Å². The third-order valence-electron chi connectivity index (χ3n) is 4.86. The first kappa shape index (κ1) is 20.3. The summed E-state index contributed by atoms with van der Waals surface area (Å²) in [6.45, 7) is 4.51. The fourth-order valence-corrected chi connectivity index (χ4v) is 3.74. The van der Waals surface area contributed by atoms with Crippen LogP contribution in [0.4, 0.5) is 13.2 Å². The molecule has 0 bridgehead atoms. The Hall–Kier alpha value is -2.06. The standard InChI is InChI=1S/C17H24F3N3O3/c1-10(15-11(2)21-23(12(15)3)9-17(18,19)20)16(26)22-6-4-5-13(8-22)7-14(24)25/h10,13H,4-9H2,1-3H3,(H,24,25). The zero-order valence-electron chi connectivity index (χ0n) is 15.1. The summed E-state index contributed by atoms with van der Waals surface area (Å²) in [6, 6.07) is 0. The first-order valence-electron chi connectivity index (χ1n) is 8.60. The lowest BCUT2D eigenvalue weighted by atomic mass is 9.92. The molecule has 0 radical (unpaired) electrons. The van der Waals surface area contributed by atoms with Crippen LogP contribution in [0, 0.1) is 19.8 Å². The third-order valence-corrected chi connectivity index (χ3v) is 4.86. The number of hydrogen-bond acceptors (Lipinski definition) is 3. The van der Waals surface area contributed by atoms with Crippen LogP contribution in [-0.4, -0.2) is 50.9 Å². The highest BCUT2D eigenvalue weighted by Gasteiger charge is 2.34. The molecule has 0 aromatic carbocycles. The predicted molar refractivity (Wildman–Crippen MR) is 87.7 cm³/mol. The quantitative estimate of drug-likeness (QED) is 0.859. The van der Waals surface area contributed by atoms with Crippen LogP contribution in [0.1, 0.15) is 49.1 Å². The first-order valence-corrected chi connectivity index (χ1v) is 8.60. The first-order chi connectivity index (χ1) is 12.0. The van der Waals surface area contributed by atoms with Gasteiger partial charge in [-0.05, 0) is 39.5 Å². The molecule has 1 aromatic heterocycles. The Morgan fingerprint density at radius 2 is 2.00 bits per heavy atom. The number of alkyl halides is 3. The van der Waals surface area contributed by atoms with E-state index in [1.807, 2.05) is 0 Å². The van der Waals surface area contributed by atoms with Gasteiger partial charge in [0.1, 0.15) is 6.54 Å². The van der Waals surface area contributed by atoms with Gasteiger partial charge in [-0.25, -0.2) is 0 Å². The Morgan fingerprint density at radius 1 is 1.35 bits per heavy atom. The summed E-state index contributed by atoms with van der Waals surface area (Å²) >= 11 is 0. The second kappa shape index (κ2) is 7.67. The number of amides is 1. The minimum Gasteiger partial charge on any atom is -0.481 e. The molecule has 1 N–H and O–H groups in total. The Labute approximate surface area is 150 Å². The molecule has 0 spiro atoms. The van der Waals surface area contributed by atoms with Crippen LogP contribution in [0.25, 0.3) is 0 Å². The van der Waals surface area contributed by atoms with E-state index in [1.54, 1.807) is 18.7 Å². The van der Waals surface area contributed by atoms with Crippen LogP contribution in [0.15, 0.2) is 0 Å². The van der Waals surface area contributed by atoms with Crippen molar-refractivity contribution in [1.29, 1.82) is 0 Å². The van der Waals surface area contributed by atoms with Crippen molar-refractivity contribution in [3.63, 3.8) is 0 Å². The Balaban J connectivity index is 2.16. The van der Waals surface area contributed by atoms with Gasteiger partial charge in [0.15, 0.2) is 0 Å². The number of aryl methyl sites for hydroxylation is 1. The third kappa shape index (κ3) is 4.76. The molecule has 1 saturated heterocycles. The molecule has 1 amide bonds. The van der Waals surface area contributed by atoms with E-state index in [2.05, 4.69) is 5.10 Å². The molecule has 26 heavy (non-hydrogen) atoms. The summed E-state index contributed by atoms with van der Waals surface area (Å²) in [5, 5.41) is 12.9. The summed E-state index contributed by atoms with van der Waals surface area (Å²) in [4.78, 5) is 25.4. The maximum absolute atomic E-state index is 12.8. The number of aliphatic carboxylic acids is 1. The highest BCUT2D eigenvalue weighted by Crippen LogP contribution is 2.29. The molecule has 1 aliphatic rings. The van der Waals surface area contributed by atoms with Crippen LogP contribution in [0.3, 0.4) is 0 Å². The fraction of sp³-hybridized carbons (Fsp3) is 0.706. The minimum atomic E-state index is -4.38. The number of nitrogens with zero attached hydrogens (tertiary/aromatic N) is 3. The largest absolute Gasteiger partial charge is 0.481 e. The molecule has 0 aliphatic carbocycles. The van der Waals surface area contributed by atoms with Crippen molar-refractivity contribution < 1.29 is 27.9 Å². The lowest BCUT2D eigenvalue weighted by molar-refractivity contribution is -0.143. The summed E-state index contributed by atoms with van der Waals surface area (Å²) in [5.74, 6) is -1.80. The Morgan fingerprint density at radius 3 is 2.58 bits per heavy atom. The summed E-state index contributed by atoms with van der Waals surface area (Å²) in [6.07, 6.45) is -2.89. The molecule has 2 rings (SSSR count). The predicted octanol–water partition coefficient (Wildman–Crippen LogP) is 2.88. The lowest BCUT2D eigenvalue weighted by Gasteiger charge is -2.34. The second-order valence-corrected chi connectivity index (χ2v) is 6.97. The zero-order valence-corrected chi connectivity index (χ0v) is 15.1. The number of carboxylic acids is 1. The van der Waals surface area contributed by atoms with Gasteiger partial charge in [0.25, 0.3) is 0 Å². The van der Waals surface area contributed by atoms with Crippen molar-refractivity contribution in [2.45, 2.75) is 58.7 Å².